The summed E-state index contributed by atoms with van der Waals surface area (Å²) in [6.07, 6.45) is 38.0. The molecule has 0 heterocycles. The monoisotopic (exact) mass is 737 g/mol. The number of hydrogen-bond acceptors (Lipinski definition) is 6. The predicted molar refractivity (Wildman–Crippen MR) is 215 cm³/mol. The first-order valence-corrected chi connectivity index (χ1v) is 21.4. The molecule has 8 nitrogen and oxygen atoms in total. The second kappa shape index (κ2) is 35.8. The summed E-state index contributed by atoms with van der Waals surface area (Å²) in [6.45, 7) is 4.67. The van der Waals surface area contributed by atoms with E-state index in [9.17, 15) is 19.5 Å². The molecule has 0 amide bonds. The van der Waals surface area contributed by atoms with Crippen LogP contribution in [0.25, 0.3) is 0 Å². The van der Waals surface area contributed by atoms with Crippen molar-refractivity contribution in [3.63, 3.8) is 0 Å². The van der Waals surface area contributed by atoms with Gasteiger partial charge in [0.1, 0.15) is 6.61 Å². The number of carboxylic acids is 1. The standard InChI is InChI=1S/C44H81NO7/c1-6-8-10-12-14-16-18-20-21-23-24-26-28-30-32-34-42(46)51-39-40(38-50-37-36-41(44(48)49)45(3,4)5)52-43(47)35-33-31-29-27-25-22-19-17-15-13-11-9-7-2/h22,25,29,31,40-41H,6-21,23-24,26-28,30,32-39H2,1-5H3/p+1/b25-22+,31-29+. The maximum Gasteiger partial charge on any atom is 0.362 e. The van der Waals surface area contributed by atoms with Gasteiger partial charge in [-0.3, -0.25) is 9.59 Å². The lowest BCUT2D eigenvalue weighted by Gasteiger charge is -2.31. The second-order valence-corrected chi connectivity index (χ2v) is 15.6. The molecule has 0 aliphatic rings. The van der Waals surface area contributed by atoms with Crippen molar-refractivity contribution in [1.29, 1.82) is 0 Å². The summed E-state index contributed by atoms with van der Waals surface area (Å²) in [5, 5.41) is 9.60. The number of unbranched alkanes of at least 4 members (excludes halogenated alkanes) is 20. The minimum Gasteiger partial charge on any atom is -0.477 e. The molecule has 0 aromatic rings. The Labute approximate surface area is 320 Å². The normalized spacial score (nSPS) is 13.2. The highest BCUT2D eigenvalue weighted by Crippen LogP contribution is 2.15. The summed E-state index contributed by atoms with van der Waals surface area (Å²) in [5.74, 6) is -1.54. The fraction of sp³-hybridized carbons (Fsp3) is 0.841. The van der Waals surface area contributed by atoms with Gasteiger partial charge in [0.15, 0.2) is 12.1 Å². The molecule has 8 heteroatoms. The van der Waals surface area contributed by atoms with Gasteiger partial charge in [0.2, 0.25) is 0 Å². The molecular formula is C44H82NO7+. The van der Waals surface area contributed by atoms with Crippen molar-refractivity contribution in [1.82, 2.24) is 0 Å². The van der Waals surface area contributed by atoms with E-state index >= 15 is 0 Å². The Hall–Kier alpha value is -2.19. The highest BCUT2D eigenvalue weighted by atomic mass is 16.6. The van der Waals surface area contributed by atoms with Crippen LogP contribution in [0.2, 0.25) is 0 Å². The Morgan fingerprint density at radius 2 is 1.06 bits per heavy atom. The lowest BCUT2D eigenvalue weighted by molar-refractivity contribution is -0.887. The largest absolute Gasteiger partial charge is 0.477 e. The maximum absolute atomic E-state index is 12.6. The molecule has 52 heavy (non-hydrogen) atoms. The van der Waals surface area contributed by atoms with Crippen LogP contribution in [0, 0.1) is 0 Å². The molecule has 0 spiro atoms. The third-order valence-corrected chi connectivity index (χ3v) is 9.62. The molecule has 2 atom stereocenters. The number of aliphatic carboxylic acids is 1. The summed E-state index contributed by atoms with van der Waals surface area (Å²) >= 11 is 0. The minimum absolute atomic E-state index is 0.0424. The number of carbonyl (C=O) groups excluding carboxylic acids is 2. The Kier molecular flexibility index (Phi) is 34.3. The number of likely N-dealkylation sites (N-methyl/N-ethyl adjacent to an activating group) is 1. The van der Waals surface area contributed by atoms with Gasteiger partial charge in [-0.2, -0.15) is 0 Å². The van der Waals surface area contributed by atoms with Gasteiger partial charge in [-0.25, -0.2) is 4.79 Å². The number of nitrogens with zero attached hydrogens (tertiary/aromatic N) is 1. The van der Waals surface area contributed by atoms with Crippen molar-refractivity contribution in [3.05, 3.63) is 24.3 Å². The van der Waals surface area contributed by atoms with Gasteiger partial charge in [-0.1, -0.05) is 160 Å². The zero-order valence-corrected chi connectivity index (χ0v) is 34.5. The topological polar surface area (TPSA) is 99.1 Å². The Balaban J connectivity index is 4.41. The average molecular weight is 737 g/mol. The zero-order chi connectivity index (χ0) is 38.5. The quantitative estimate of drug-likeness (QED) is 0.0291. The van der Waals surface area contributed by atoms with E-state index < -0.39 is 18.1 Å². The number of hydrogen-bond donors (Lipinski definition) is 1. The molecule has 1 N–H and O–H groups in total. The van der Waals surface area contributed by atoms with Crippen molar-refractivity contribution in [3.8, 4) is 0 Å². The van der Waals surface area contributed by atoms with Gasteiger partial charge >= 0.3 is 17.9 Å². The van der Waals surface area contributed by atoms with Gasteiger partial charge in [0.05, 0.1) is 34.4 Å². The number of carbonyl (C=O) groups is 3. The van der Waals surface area contributed by atoms with E-state index in [1.54, 1.807) is 0 Å². The van der Waals surface area contributed by atoms with Gasteiger partial charge in [0.25, 0.3) is 0 Å². The van der Waals surface area contributed by atoms with E-state index in [0.717, 1.165) is 32.1 Å². The summed E-state index contributed by atoms with van der Waals surface area (Å²) < 4.78 is 17.2. The predicted octanol–water partition coefficient (Wildman–Crippen LogP) is 11.3. The summed E-state index contributed by atoms with van der Waals surface area (Å²) in [5.41, 5.74) is 0. The van der Waals surface area contributed by atoms with Crippen LogP contribution in [0.1, 0.15) is 187 Å². The minimum atomic E-state index is -0.881. The highest BCUT2D eigenvalue weighted by molar-refractivity contribution is 5.72. The van der Waals surface area contributed by atoms with E-state index in [0.29, 0.717) is 19.3 Å². The second-order valence-electron chi connectivity index (χ2n) is 15.6. The molecule has 0 radical (unpaired) electrons. The van der Waals surface area contributed by atoms with Crippen LogP contribution in [0.15, 0.2) is 24.3 Å². The average Bonchev–Trinajstić information content (AvgIpc) is 3.09. The van der Waals surface area contributed by atoms with Crippen molar-refractivity contribution < 1.29 is 38.2 Å². The van der Waals surface area contributed by atoms with Gasteiger partial charge in [-0.15, -0.1) is 0 Å². The Bertz CT molecular complexity index is 911. The van der Waals surface area contributed by atoms with Crippen LogP contribution in [0.3, 0.4) is 0 Å². The SMILES string of the molecule is CCCCCCCC/C=C/C/C=C/CCC(=O)OC(COCCC(C(=O)O)[N+](C)(C)C)COC(=O)CCCCCCCCCCCCCCCCC. The molecule has 2 unspecified atom stereocenters. The van der Waals surface area contributed by atoms with E-state index in [1.807, 2.05) is 27.2 Å². The summed E-state index contributed by atoms with van der Waals surface area (Å²) in [6, 6.07) is -0.620. The number of carboxylic acid groups (broad SMARTS) is 1. The lowest BCUT2D eigenvalue weighted by atomic mass is 10.0. The number of allylic oxidation sites excluding steroid dienone is 4. The molecule has 0 fully saturated rings. The van der Waals surface area contributed by atoms with Crippen LogP contribution in [-0.2, 0) is 28.6 Å². The number of esters is 2. The molecular weight excluding hydrogens is 654 g/mol. The molecule has 0 aromatic heterocycles. The van der Waals surface area contributed by atoms with Crippen LogP contribution in [0.4, 0.5) is 0 Å². The van der Waals surface area contributed by atoms with E-state index in [-0.39, 0.29) is 42.7 Å². The summed E-state index contributed by atoms with van der Waals surface area (Å²) in [4.78, 5) is 36.8. The molecule has 0 rings (SSSR count). The third kappa shape index (κ3) is 33.6. The van der Waals surface area contributed by atoms with Crippen LogP contribution in [-0.4, -0.2) is 80.6 Å². The number of ether oxygens (including phenoxy) is 3. The van der Waals surface area contributed by atoms with E-state index in [4.69, 9.17) is 14.2 Å². The highest BCUT2D eigenvalue weighted by Gasteiger charge is 2.31. The Morgan fingerprint density at radius 1 is 0.577 bits per heavy atom. The zero-order valence-electron chi connectivity index (χ0n) is 34.5. The van der Waals surface area contributed by atoms with Crippen molar-refractivity contribution in [2.45, 2.75) is 199 Å². The molecule has 0 saturated heterocycles. The molecule has 0 aromatic carbocycles. The molecule has 0 aliphatic heterocycles. The molecule has 0 saturated carbocycles. The van der Waals surface area contributed by atoms with Crippen LogP contribution in [0.5, 0.6) is 0 Å². The lowest BCUT2D eigenvalue weighted by Crippen LogP contribution is -2.50. The molecule has 0 bridgehead atoms. The smallest absolute Gasteiger partial charge is 0.362 e. The molecule has 304 valence electrons. The van der Waals surface area contributed by atoms with E-state index in [1.165, 1.54) is 116 Å². The van der Waals surface area contributed by atoms with Gasteiger partial charge < -0.3 is 23.8 Å². The Morgan fingerprint density at radius 3 is 1.56 bits per heavy atom. The van der Waals surface area contributed by atoms with E-state index in [2.05, 4.69) is 32.1 Å². The molecule has 0 aliphatic carbocycles. The van der Waals surface area contributed by atoms with Crippen LogP contribution < -0.4 is 0 Å². The fourth-order valence-electron chi connectivity index (χ4n) is 6.26. The van der Waals surface area contributed by atoms with Crippen molar-refractivity contribution in [2.24, 2.45) is 0 Å². The van der Waals surface area contributed by atoms with Crippen molar-refractivity contribution >= 4 is 17.9 Å². The first-order valence-electron chi connectivity index (χ1n) is 21.4. The first-order chi connectivity index (χ1) is 25.1. The first kappa shape index (κ1) is 49.8. The van der Waals surface area contributed by atoms with Gasteiger partial charge in [-0.05, 0) is 32.1 Å². The van der Waals surface area contributed by atoms with Gasteiger partial charge in [0, 0.05) is 19.3 Å². The fourth-order valence-corrected chi connectivity index (χ4v) is 6.26. The van der Waals surface area contributed by atoms with Crippen LogP contribution >= 0.6 is 0 Å². The summed E-state index contributed by atoms with van der Waals surface area (Å²) in [7, 11) is 5.51. The maximum atomic E-state index is 12.6. The van der Waals surface area contributed by atoms with Crippen molar-refractivity contribution in [2.75, 3.05) is 41.0 Å². The number of rotatable bonds is 38. The number of quaternary nitrogens is 1. The third-order valence-electron chi connectivity index (χ3n) is 9.62.